The van der Waals surface area contributed by atoms with Gasteiger partial charge in [-0.2, -0.15) is 0 Å². The topological polar surface area (TPSA) is 78.9 Å². The lowest BCUT2D eigenvalue weighted by molar-refractivity contribution is -0.167. The lowest BCUT2D eigenvalue weighted by Gasteiger charge is -2.18. The van der Waals surface area contributed by atoms with E-state index in [0.717, 1.165) is 96.3 Å². The number of ether oxygens (including phenoxy) is 3. The lowest BCUT2D eigenvalue weighted by atomic mass is 10.1. The summed E-state index contributed by atoms with van der Waals surface area (Å²) in [7, 11) is 0. The zero-order valence-electron chi connectivity index (χ0n) is 32.9. The van der Waals surface area contributed by atoms with Crippen molar-refractivity contribution >= 4 is 17.9 Å². The van der Waals surface area contributed by atoms with Crippen LogP contribution in [0.2, 0.25) is 0 Å². The number of hydrogen-bond donors (Lipinski definition) is 0. The first-order valence-electron chi connectivity index (χ1n) is 21.0. The van der Waals surface area contributed by atoms with Crippen molar-refractivity contribution in [3.63, 3.8) is 0 Å². The average Bonchev–Trinajstić information content (AvgIpc) is 3.11. The number of esters is 3. The van der Waals surface area contributed by atoms with Crippen molar-refractivity contribution in [2.45, 2.75) is 213 Å². The molecule has 0 N–H and O–H groups in total. The zero-order chi connectivity index (χ0) is 36.6. The summed E-state index contributed by atoms with van der Waals surface area (Å²) < 4.78 is 16.6. The fourth-order valence-corrected chi connectivity index (χ4v) is 5.69. The van der Waals surface area contributed by atoms with Crippen LogP contribution in [0.1, 0.15) is 207 Å². The molecule has 6 heteroatoms. The molecule has 290 valence electrons. The van der Waals surface area contributed by atoms with Crippen molar-refractivity contribution in [2.75, 3.05) is 13.2 Å². The van der Waals surface area contributed by atoms with Gasteiger partial charge in [0.15, 0.2) is 6.10 Å². The molecular formula is C44H78O6. The Labute approximate surface area is 308 Å². The summed E-state index contributed by atoms with van der Waals surface area (Å²) in [5, 5.41) is 0. The molecule has 50 heavy (non-hydrogen) atoms. The number of hydrogen-bond acceptors (Lipinski definition) is 6. The molecule has 0 bridgehead atoms. The molecule has 0 fully saturated rings. The smallest absolute Gasteiger partial charge is 0.306 e. The van der Waals surface area contributed by atoms with Crippen molar-refractivity contribution < 1.29 is 28.6 Å². The van der Waals surface area contributed by atoms with Gasteiger partial charge in [0, 0.05) is 19.3 Å². The Hall–Kier alpha value is -2.37. The van der Waals surface area contributed by atoms with E-state index < -0.39 is 6.10 Å². The van der Waals surface area contributed by atoms with Gasteiger partial charge in [-0.25, -0.2) is 0 Å². The summed E-state index contributed by atoms with van der Waals surface area (Å²) in [6.45, 7) is 6.43. The van der Waals surface area contributed by atoms with E-state index in [1.165, 1.54) is 70.6 Å². The minimum absolute atomic E-state index is 0.0790. The van der Waals surface area contributed by atoms with Crippen molar-refractivity contribution in [3.05, 3.63) is 36.5 Å². The molecule has 0 aliphatic rings. The quantitative estimate of drug-likeness (QED) is 0.0277. The molecule has 0 radical (unpaired) electrons. The number of allylic oxidation sites excluding steroid dienone is 6. The minimum atomic E-state index is -0.775. The van der Waals surface area contributed by atoms with Crippen LogP contribution in [-0.2, 0) is 28.6 Å². The number of carbonyl (C=O) groups excluding carboxylic acids is 3. The van der Waals surface area contributed by atoms with E-state index in [1.54, 1.807) is 0 Å². The van der Waals surface area contributed by atoms with Crippen LogP contribution < -0.4 is 0 Å². The molecule has 6 nitrogen and oxygen atoms in total. The van der Waals surface area contributed by atoms with Gasteiger partial charge in [0.05, 0.1) is 0 Å². The monoisotopic (exact) mass is 703 g/mol. The van der Waals surface area contributed by atoms with Crippen LogP contribution in [0, 0.1) is 0 Å². The summed E-state index contributed by atoms with van der Waals surface area (Å²) in [6, 6.07) is 0. The molecule has 0 amide bonds. The first kappa shape index (κ1) is 47.6. The summed E-state index contributed by atoms with van der Waals surface area (Å²) in [6.07, 6.45) is 42.7. The van der Waals surface area contributed by atoms with Gasteiger partial charge in [-0.15, -0.1) is 0 Å². The van der Waals surface area contributed by atoms with Crippen LogP contribution >= 0.6 is 0 Å². The van der Waals surface area contributed by atoms with E-state index in [0.29, 0.717) is 19.3 Å². The first-order chi connectivity index (χ1) is 24.5. The number of unbranched alkanes of at least 4 members (excludes halogenated alkanes) is 20. The fourth-order valence-electron chi connectivity index (χ4n) is 5.69. The lowest BCUT2D eigenvalue weighted by Crippen LogP contribution is -2.30. The second-order valence-corrected chi connectivity index (χ2v) is 13.9. The SMILES string of the molecule is CC/C=C\C/C=C\CCCCCCCC(=O)OCC(COC(=O)CCCCCCCCCCC)OC(=O)CCCCCCC/C=C\CCCC. The van der Waals surface area contributed by atoms with Gasteiger partial charge in [-0.05, 0) is 64.2 Å². The van der Waals surface area contributed by atoms with Gasteiger partial charge in [-0.3, -0.25) is 14.4 Å². The number of rotatable bonds is 37. The molecule has 0 spiro atoms. The van der Waals surface area contributed by atoms with Gasteiger partial charge in [0.1, 0.15) is 13.2 Å². The van der Waals surface area contributed by atoms with Crippen LogP contribution in [0.15, 0.2) is 36.5 Å². The molecule has 0 heterocycles. The Morgan fingerprint density at radius 3 is 1.28 bits per heavy atom. The van der Waals surface area contributed by atoms with E-state index in [2.05, 4.69) is 57.2 Å². The van der Waals surface area contributed by atoms with Crippen molar-refractivity contribution in [3.8, 4) is 0 Å². The third kappa shape index (κ3) is 36.9. The maximum atomic E-state index is 12.6. The second kappa shape index (κ2) is 39.4. The maximum Gasteiger partial charge on any atom is 0.306 e. The summed E-state index contributed by atoms with van der Waals surface area (Å²) in [5.41, 5.74) is 0. The third-order valence-corrected chi connectivity index (χ3v) is 8.88. The Kier molecular flexibility index (Phi) is 37.5. The highest BCUT2D eigenvalue weighted by molar-refractivity contribution is 5.71. The highest BCUT2D eigenvalue weighted by Crippen LogP contribution is 2.13. The molecule has 1 atom stereocenters. The minimum Gasteiger partial charge on any atom is -0.462 e. The van der Waals surface area contributed by atoms with E-state index >= 15 is 0 Å². The van der Waals surface area contributed by atoms with Gasteiger partial charge < -0.3 is 14.2 Å². The van der Waals surface area contributed by atoms with Crippen LogP contribution in [0.5, 0.6) is 0 Å². The molecule has 0 aliphatic carbocycles. The highest BCUT2D eigenvalue weighted by atomic mass is 16.6. The highest BCUT2D eigenvalue weighted by Gasteiger charge is 2.19. The summed E-state index contributed by atoms with van der Waals surface area (Å²) in [4.78, 5) is 37.5. The largest absolute Gasteiger partial charge is 0.462 e. The molecule has 0 aliphatic heterocycles. The molecule has 0 aromatic carbocycles. The predicted octanol–water partition coefficient (Wildman–Crippen LogP) is 13.0. The standard InChI is InChI=1S/C44H78O6/c1-4-7-10-13-16-19-21-23-25-28-31-34-37-43(46)49-40-41(39-48-42(45)36-33-30-27-24-18-15-12-9-6-3)50-44(47)38-35-32-29-26-22-20-17-14-11-8-5-2/h7,10,14,16-17,19,41H,4-6,8-9,11-13,15,18,20-40H2,1-3H3/b10-7-,17-14-,19-16-. The van der Waals surface area contributed by atoms with Gasteiger partial charge in [-0.1, -0.05) is 160 Å². The second-order valence-electron chi connectivity index (χ2n) is 13.9. The van der Waals surface area contributed by atoms with Crippen molar-refractivity contribution in [1.82, 2.24) is 0 Å². The molecule has 0 saturated carbocycles. The van der Waals surface area contributed by atoms with Gasteiger partial charge in [0.2, 0.25) is 0 Å². The van der Waals surface area contributed by atoms with Gasteiger partial charge in [0.25, 0.3) is 0 Å². The van der Waals surface area contributed by atoms with E-state index in [4.69, 9.17) is 14.2 Å². The van der Waals surface area contributed by atoms with Gasteiger partial charge >= 0.3 is 17.9 Å². The molecule has 0 aromatic heterocycles. The number of carbonyl (C=O) groups is 3. The van der Waals surface area contributed by atoms with E-state index in [1.807, 2.05) is 0 Å². The molecular weight excluding hydrogens is 624 g/mol. The van der Waals surface area contributed by atoms with Crippen LogP contribution in [0.3, 0.4) is 0 Å². The fraction of sp³-hybridized carbons (Fsp3) is 0.795. The van der Waals surface area contributed by atoms with Crippen molar-refractivity contribution in [1.29, 1.82) is 0 Å². The normalized spacial score (nSPS) is 12.3. The first-order valence-corrected chi connectivity index (χ1v) is 21.0. The Morgan fingerprint density at radius 1 is 0.420 bits per heavy atom. The van der Waals surface area contributed by atoms with Crippen LogP contribution in [0.25, 0.3) is 0 Å². The van der Waals surface area contributed by atoms with E-state index in [9.17, 15) is 14.4 Å². The molecule has 0 rings (SSSR count). The molecule has 1 unspecified atom stereocenters. The summed E-state index contributed by atoms with van der Waals surface area (Å²) >= 11 is 0. The van der Waals surface area contributed by atoms with Crippen molar-refractivity contribution in [2.24, 2.45) is 0 Å². The Morgan fingerprint density at radius 2 is 0.800 bits per heavy atom. The molecule has 0 aromatic rings. The predicted molar refractivity (Wildman–Crippen MR) is 210 cm³/mol. The van der Waals surface area contributed by atoms with Crippen LogP contribution in [0.4, 0.5) is 0 Å². The molecule has 0 saturated heterocycles. The summed E-state index contributed by atoms with van der Waals surface area (Å²) in [5.74, 6) is -0.910. The third-order valence-electron chi connectivity index (χ3n) is 8.88. The Bertz CT molecular complexity index is 861. The van der Waals surface area contributed by atoms with E-state index in [-0.39, 0.29) is 31.1 Å². The average molecular weight is 703 g/mol. The Balaban J connectivity index is 4.39. The maximum absolute atomic E-state index is 12.6. The zero-order valence-corrected chi connectivity index (χ0v) is 32.9. The van der Waals surface area contributed by atoms with Crippen LogP contribution in [-0.4, -0.2) is 37.2 Å².